The quantitative estimate of drug-likeness (QED) is 0.475. The number of aromatic nitrogens is 3. The van der Waals surface area contributed by atoms with E-state index in [0.29, 0.717) is 5.56 Å². The lowest BCUT2D eigenvalue weighted by atomic mass is 10.1. The number of hydrazine groups is 1. The Morgan fingerprint density at radius 2 is 2.11 bits per heavy atom. The molecular weight excluding hydrogens is 230 g/mol. The highest BCUT2D eigenvalue weighted by molar-refractivity contribution is 6.06. The number of hydrogen-bond donors (Lipinski definition) is 2. The second-order valence-corrected chi connectivity index (χ2v) is 4.61. The van der Waals surface area contributed by atoms with Crippen molar-refractivity contribution < 1.29 is 4.79 Å². The fourth-order valence-electron chi connectivity index (χ4n) is 2.06. The molecule has 0 radical (unpaired) electrons. The highest BCUT2D eigenvalue weighted by Crippen LogP contribution is 2.24. The molecule has 0 aromatic carbocycles. The second-order valence-electron chi connectivity index (χ2n) is 4.61. The Labute approximate surface area is 105 Å². The number of amides is 1. The van der Waals surface area contributed by atoms with E-state index in [4.69, 9.17) is 5.84 Å². The Hall–Kier alpha value is -1.95. The summed E-state index contributed by atoms with van der Waals surface area (Å²) in [4.78, 5) is 16.3. The largest absolute Gasteiger partial charge is 0.290 e. The molecule has 2 aromatic rings. The van der Waals surface area contributed by atoms with Crippen molar-refractivity contribution in [3.8, 4) is 0 Å². The van der Waals surface area contributed by atoms with Crippen molar-refractivity contribution >= 4 is 16.9 Å². The normalized spacial score (nSPS) is 11.2. The summed E-state index contributed by atoms with van der Waals surface area (Å²) in [6.45, 7) is 7.77. The third kappa shape index (κ3) is 1.84. The van der Waals surface area contributed by atoms with Gasteiger partial charge >= 0.3 is 0 Å². The maximum absolute atomic E-state index is 11.8. The van der Waals surface area contributed by atoms with Crippen LogP contribution in [-0.4, -0.2) is 20.7 Å². The highest BCUT2D eigenvalue weighted by atomic mass is 16.2. The first-order chi connectivity index (χ1) is 8.45. The van der Waals surface area contributed by atoms with E-state index in [9.17, 15) is 4.79 Å². The van der Waals surface area contributed by atoms with E-state index >= 15 is 0 Å². The number of aryl methyl sites for hydroxylation is 2. The number of carbonyl (C=O) groups is 1. The molecule has 0 bridgehead atoms. The van der Waals surface area contributed by atoms with Gasteiger partial charge in [-0.05, 0) is 33.8 Å². The molecule has 0 aliphatic rings. The Morgan fingerprint density at radius 1 is 1.44 bits per heavy atom. The molecule has 3 N–H and O–H groups in total. The summed E-state index contributed by atoms with van der Waals surface area (Å²) in [7, 11) is 0. The molecule has 2 rings (SSSR count). The van der Waals surface area contributed by atoms with Crippen LogP contribution in [0.15, 0.2) is 6.07 Å². The van der Waals surface area contributed by atoms with Crippen LogP contribution in [0.4, 0.5) is 0 Å². The molecule has 2 heterocycles. The van der Waals surface area contributed by atoms with E-state index in [0.717, 1.165) is 22.4 Å². The predicted molar refractivity (Wildman–Crippen MR) is 69.0 cm³/mol. The zero-order valence-corrected chi connectivity index (χ0v) is 11.0. The average molecular weight is 247 g/mol. The molecule has 0 saturated carbocycles. The van der Waals surface area contributed by atoms with Gasteiger partial charge in [0, 0.05) is 11.7 Å². The first kappa shape index (κ1) is 12.5. The van der Waals surface area contributed by atoms with Gasteiger partial charge in [-0.1, -0.05) is 0 Å². The van der Waals surface area contributed by atoms with Gasteiger partial charge in [-0.2, -0.15) is 5.10 Å². The van der Waals surface area contributed by atoms with Crippen molar-refractivity contribution in [1.29, 1.82) is 0 Å². The smallest absolute Gasteiger partial charge is 0.266 e. The Bertz CT molecular complexity index is 614. The van der Waals surface area contributed by atoms with Gasteiger partial charge in [-0.3, -0.25) is 10.2 Å². The molecule has 2 aromatic heterocycles. The number of hydrogen-bond acceptors (Lipinski definition) is 4. The fourth-order valence-corrected chi connectivity index (χ4v) is 2.06. The zero-order chi connectivity index (χ0) is 13.4. The first-order valence-corrected chi connectivity index (χ1v) is 5.83. The van der Waals surface area contributed by atoms with E-state index in [-0.39, 0.29) is 11.9 Å². The van der Waals surface area contributed by atoms with Gasteiger partial charge in [0.15, 0.2) is 5.65 Å². The van der Waals surface area contributed by atoms with Crippen LogP contribution in [0.1, 0.15) is 41.6 Å². The predicted octanol–water partition coefficient (Wildman–Crippen LogP) is 1.23. The molecule has 0 atom stereocenters. The number of nitrogens with two attached hydrogens (primary N) is 1. The summed E-state index contributed by atoms with van der Waals surface area (Å²) in [5.41, 5.74) is 4.95. The maximum Gasteiger partial charge on any atom is 0.266 e. The number of rotatable bonds is 2. The van der Waals surface area contributed by atoms with Crippen molar-refractivity contribution in [2.75, 3.05) is 0 Å². The van der Waals surface area contributed by atoms with Crippen LogP contribution in [0.2, 0.25) is 0 Å². The molecule has 0 unspecified atom stereocenters. The number of fused-ring (bicyclic) bond motifs is 1. The summed E-state index contributed by atoms with van der Waals surface area (Å²) in [6, 6.07) is 1.91. The molecular formula is C12H17N5O. The van der Waals surface area contributed by atoms with Crippen LogP contribution >= 0.6 is 0 Å². The van der Waals surface area contributed by atoms with Crippen LogP contribution in [-0.2, 0) is 0 Å². The van der Waals surface area contributed by atoms with E-state index in [1.165, 1.54) is 0 Å². The number of nitrogen functional groups attached to an aromatic ring is 1. The van der Waals surface area contributed by atoms with Crippen LogP contribution < -0.4 is 11.3 Å². The van der Waals surface area contributed by atoms with Crippen molar-refractivity contribution in [1.82, 2.24) is 20.2 Å². The van der Waals surface area contributed by atoms with Crippen LogP contribution in [0.25, 0.3) is 11.0 Å². The van der Waals surface area contributed by atoms with E-state index in [1.54, 1.807) is 6.07 Å². The van der Waals surface area contributed by atoms with Gasteiger partial charge in [-0.25, -0.2) is 15.5 Å². The minimum Gasteiger partial charge on any atom is -0.290 e. The number of carbonyl (C=O) groups excluding carboxylic acids is 1. The summed E-state index contributed by atoms with van der Waals surface area (Å²) >= 11 is 0. The van der Waals surface area contributed by atoms with Crippen LogP contribution in [0.5, 0.6) is 0 Å². The SMILES string of the molecule is Cc1cc(C(=O)NN)c2c(C)nn(C(C)C)c2n1. The van der Waals surface area contributed by atoms with Gasteiger partial charge < -0.3 is 0 Å². The average Bonchev–Trinajstić information content (AvgIpc) is 2.64. The summed E-state index contributed by atoms with van der Waals surface area (Å²) in [5.74, 6) is 4.89. The molecule has 18 heavy (non-hydrogen) atoms. The van der Waals surface area contributed by atoms with Gasteiger partial charge in [0.2, 0.25) is 0 Å². The molecule has 0 aliphatic heterocycles. The maximum atomic E-state index is 11.8. The third-order valence-corrected chi connectivity index (χ3v) is 2.83. The Kier molecular flexibility index (Phi) is 3.04. The minimum absolute atomic E-state index is 0.185. The van der Waals surface area contributed by atoms with Gasteiger partial charge in [0.25, 0.3) is 5.91 Å². The number of pyridine rings is 1. The molecule has 0 spiro atoms. The summed E-state index contributed by atoms with van der Waals surface area (Å²) in [6.07, 6.45) is 0. The van der Waals surface area contributed by atoms with Crippen molar-refractivity contribution in [2.24, 2.45) is 5.84 Å². The van der Waals surface area contributed by atoms with Gasteiger partial charge in [0.1, 0.15) is 0 Å². The van der Waals surface area contributed by atoms with Crippen molar-refractivity contribution in [3.05, 3.63) is 23.0 Å². The van der Waals surface area contributed by atoms with Gasteiger partial charge in [-0.15, -0.1) is 0 Å². The van der Waals surface area contributed by atoms with Crippen molar-refractivity contribution in [3.63, 3.8) is 0 Å². The molecule has 6 heteroatoms. The van der Waals surface area contributed by atoms with Gasteiger partial charge in [0.05, 0.1) is 16.6 Å². The van der Waals surface area contributed by atoms with E-state index in [2.05, 4.69) is 15.5 Å². The lowest BCUT2D eigenvalue weighted by Gasteiger charge is -2.08. The lowest BCUT2D eigenvalue weighted by molar-refractivity contribution is 0.0955. The number of nitrogens with one attached hydrogen (secondary N) is 1. The summed E-state index contributed by atoms with van der Waals surface area (Å²) in [5, 5.41) is 5.20. The lowest BCUT2D eigenvalue weighted by Crippen LogP contribution is -2.30. The first-order valence-electron chi connectivity index (χ1n) is 5.83. The Morgan fingerprint density at radius 3 is 2.67 bits per heavy atom. The highest BCUT2D eigenvalue weighted by Gasteiger charge is 2.19. The fraction of sp³-hybridized carbons (Fsp3) is 0.417. The van der Waals surface area contributed by atoms with Crippen LogP contribution in [0, 0.1) is 13.8 Å². The molecule has 0 fully saturated rings. The number of nitrogens with zero attached hydrogens (tertiary/aromatic N) is 3. The molecule has 6 nitrogen and oxygen atoms in total. The molecule has 0 saturated heterocycles. The second kappa shape index (κ2) is 4.38. The van der Waals surface area contributed by atoms with E-state index in [1.807, 2.05) is 32.4 Å². The Balaban J connectivity index is 2.84. The standard InChI is InChI=1S/C12H17N5O/c1-6(2)17-11-10(8(4)16-17)9(12(18)15-13)5-7(3)14-11/h5-6H,13H2,1-4H3,(H,15,18). The molecule has 1 amide bonds. The summed E-state index contributed by atoms with van der Waals surface area (Å²) < 4.78 is 1.82. The van der Waals surface area contributed by atoms with E-state index < -0.39 is 0 Å². The minimum atomic E-state index is -0.322. The van der Waals surface area contributed by atoms with Crippen molar-refractivity contribution in [2.45, 2.75) is 33.7 Å². The third-order valence-electron chi connectivity index (χ3n) is 2.83. The topological polar surface area (TPSA) is 85.8 Å². The van der Waals surface area contributed by atoms with Crippen LogP contribution in [0.3, 0.4) is 0 Å². The molecule has 96 valence electrons. The monoisotopic (exact) mass is 247 g/mol. The zero-order valence-electron chi connectivity index (χ0n) is 11.0. The molecule has 0 aliphatic carbocycles.